The fraction of sp³-hybridized carbons (Fsp3) is 0.438. The Bertz CT molecular complexity index is 1550. The number of carboxylic acids is 1. The summed E-state index contributed by atoms with van der Waals surface area (Å²) in [6.07, 6.45) is 6.71. The fourth-order valence-electron chi connectivity index (χ4n) is 6.26. The van der Waals surface area contributed by atoms with E-state index in [1.165, 1.54) is 11.3 Å². The molecule has 1 N–H and O–H groups in total. The molecule has 0 amide bonds. The SMILES string of the molecule is CCO[P@](=O)(C1CCC(C)CC1)N(c1cc(-c2ccc(-c3cc4ncccc4o3)cc2)sc1C(=O)O)C1CCOCC1. The molecule has 3 aromatic heterocycles. The number of nitrogens with zero attached hydrogens (tertiary/aromatic N) is 2. The van der Waals surface area contributed by atoms with Crippen LogP contribution in [-0.2, 0) is 13.8 Å². The number of hydrogen-bond donors (Lipinski definition) is 1. The predicted octanol–water partition coefficient (Wildman–Crippen LogP) is 8.72. The zero-order valence-corrected chi connectivity index (χ0v) is 25.7. The molecule has 0 spiro atoms. The maximum absolute atomic E-state index is 15.1. The van der Waals surface area contributed by atoms with Gasteiger partial charge in [0.25, 0.3) is 7.52 Å². The van der Waals surface area contributed by atoms with Crippen molar-refractivity contribution in [3.63, 3.8) is 0 Å². The van der Waals surface area contributed by atoms with Gasteiger partial charge in [-0.25, -0.2) is 4.79 Å². The lowest BCUT2D eigenvalue weighted by Crippen LogP contribution is -2.41. The first kappa shape index (κ1) is 29.1. The van der Waals surface area contributed by atoms with Crippen LogP contribution >= 0.6 is 18.9 Å². The molecule has 4 heterocycles. The number of benzene rings is 1. The number of carbonyl (C=O) groups is 1. The van der Waals surface area contributed by atoms with Crippen molar-refractivity contribution in [2.24, 2.45) is 5.92 Å². The summed E-state index contributed by atoms with van der Waals surface area (Å²) in [4.78, 5) is 18.0. The van der Waals surface area contributed by atoms with E-state index in [1.807, 2.05) is 60.1 Å². The number of hydrogen-bond acceptors (Lipinski definition) is 7. The smallest absolute Gasteiger partial charge is 0.348 e. The van der Waals surface area contributed by atoms with Crippen molar-refractivity contribution < 1.29 is 28.1 Å². The molecule has 0 radical (unpaired) electrons. The summed E-state index contributed by atoms with van der Waals surface area (Å²) in [5.41, 5.74) is 3.69. The van der Waals surface area contributed by atoms with Crippen LogP contribution in [-0.4, -0.2) is 47.6 Å². The third-order valence-corrected chi connectivity index (χ3v) is 12.9. The Morgan fingerprint density at radius 1 is 1.07 bits per heavy atom. The van der Waals surface area contributed by atoms with Gasteiger partial charge in [0.05, 0.1) is 18.0 Å². The van der Waals surface area contributed by atoms with Crippen molar-refractivity contribution in [3.05, 3.63) is 59.6 Å². The number of thiophene rings is 1. The third kappa shape index (κ3) is 5.68. The van der Waals surface area contributed by atoms with Crippen LogP contribution < -0.4 is 4.67 Å². The molecule has 1 aromatic carbocycles. The monoisotopic (exact) mass is 608 g/mol. The van der Waals surface area contributed by atoms with E-state index < -0.39 is 13.5 Å². The Morgan fingerprint density at radius 3 is 2.45 bits per heavy atom. The van der Waals surface area contributed by atoms with Gasteiger partial charge in [0.15, 0.2) is 5.58 Å². The Hall–Kier alpha value is -2.97. The zero-order valence-electron chi connectivity index (χ0n) is 24.0. The van der Waals surface area contributed by atoms with Crippen LogP contribution in [0.5, 0.6) is 0 Å². The predicted molar refractivity (Wildman–Crippen MR) is 167 cm³/mol. The maximum atomic E-state index is 15.1. The summed E-state index contributed by atoms with van der Waals surface area (Å²) in [6, 6.07) is 15.3. The third-order valence-electron chi connectivity index (χ3n) is 8.49. The van der Waals surface area contributed by atoms with Crippen LogP contribution in [0.4, 0.5) is 5.69 Å². The highest BCUT2D eigenvalue weighted by molar-refractivity contribution is 7.61. The van der Waals surface area contributed by atoms with E-state index in [-0.39, 0.29) is 16.6 Å². The quantitative estimate of drug-likeness (QED) is 0.188. The van der Waals surface area contributed by atoms with Crippen LogP contribution in [0.25, 0.3) is 32.9 Å². The second-order valence-corrected chi connectivity index (χ2v) is 14.9. The van der Waals surface area contributed by atoms with E-state index >= 15 is 4.57 Å². The molecule has 1 saturated heterocycles. The Balaban J connectivity index is 1.39. The van der Waals surface area contributed by atoms with Gasteiger partial charge in [-0.1, -0.05) is 31.2 Å². The molecule has 222 valence electrons. The van der Waals surface area contributed by atoms with Crippen molar-refractivity contribution in [3.8, 4) is 21.8 Å². The topological polar surface area (TPSA) is 102 Å². The first-order valence-electron chi connectivity index (χ1n) is 14.8. The van der Waals surface area contributed by atoms with Gasteiger partial charge in [-0.15, -0.1) is 11.3 Å². The molecular formula is C32H37N2O6PS. The van der Waals surface area contributed by atoms with Crippen LogP contribution in [0.3, 0.4) is 0 Å². The summed E-state index contributed by atoms with van der Waals surface area (Å²) in [7, 11) is -3.43. The molecule has 6 rings (SSSR count). The number of aromatic carboxylic acids is 1. The number of anilines is 1. The molecule has 1 saturated carbocycles. The molecule has 1 atom stereocenters. The fourth-order valence-corrected chi connectivity index (χ4v) is 10.5. The maximum Gasteiger partial charge on any atom is 0.348 e. The Labute approximate surface area is 250 Å². The summed E-state index contributed by atoms with van der Waals surface area (Å²) in [5, 5.41) is 10.4. The van der Waals surface area contributed by atoms with Crippen molar-refractivity contribution in [2.45, 2.75) is 64.1 Å². The highest BCUT2D eigenvalue weighted by Gasteiger charge is 2.46. The number of pyridine rings is 1. The lowest BCUT2D eigenvalue weighted by atomic mass is 9.91. The minimum atomic E-state index is -3.43. The van der Waals surface area contributed by atoms with Crippen molar-refractivity contribution >= 4 is 41.6 Å². The Kier molecular flexibility index (Phi) is 8.55. The van der Waals surface area contributed by atoms with Gasteiger partial charge in [-0.2, -0.15) is 0 Å². The first-order chi connectivity index (χ1) is 20.4. The van der Waals surface area contributed by atoms with Gasteiger partial charge in [0, 0.05) is 42.0 Å². The van der Waals surface area contributed by atoms with E-state index in [0.717, 1.165) is 58.5 Å². The van der Waals surface area contributed by atoms with Crippen molar-refractivity contribution in [1.82, 2.24) is 4.98 Å². The number of carboxylic acid groups (broad SMARTS) is 1. The van der Waals surface area contributed by atoms with E-state index in [1.54, 1.807) is 6.20 Å². The van der Waals surface area contributed by atoms with Gasteiger partial charge < -0.3 is 18.8 Å². The van der Waals surface area contributed by atoms with Gasteiger partial charge in [0.2, 0.25) is 0 Å². The number of aromatic nitrogens is 1. The first-order valence-corrected chi connectivity index (χ1v) is 17.3. The van der Waals surface area contributed by atoms with Gasteiger partial charge in [-0.3, -0.25) is 14.2 Å². The zero-order chi connectivity index (χ0) is 29.3. The highest BCUT2D eigenvalue weighted by atomic mass is 32.1. The van der Waals surface area contributed by atoms with E-state index in [0.29, 0.717) is 44.3 Å². The molecule has 0 unspecified atom stereocenters. The summed E-state index contributed by atoms with van der Waals surface area (Å²) < 4.78 is 34.9. The molecular weight excluding hydrogens is 571 g/mol. The van der Waals surface area contributed by atoms with E-state index in [9.17, 15) is 9.90 Å². The lowest BCUT2D eigenvalue weighted by molar-refractivity contribution is 0.0702. The molecule has 2 aliphatic rings. The Morgan fingerprint density at radius 2 is 1.79 bits per heavy atom. The van der Waals surface area contributed by atoms with Gasteiger partial charge in [-0.05, 0) is 75.1 Å². The second-order valence-electron chi connectivity index (χ2n) is 11.3. The number of fused-ring (bicyclic) bond motifs is 1. The van der Waals surface area contributed by atoms with Crippen molar-refractivity contribution in [1.29, 1.82) is 0 Å². The normalized spacial score (nSPS) is 21.3. The minimum absolute atomic E-state index is 0.125. The number of furan rings is 1. The lowest BCUT2D eigenvalue weighted by Gasteiger charge is -2.44. The van der Waals surface area contributed by atoms with Crippen LogP contribution in [0, 0.1) is 5.92 Å². The van der Waals surface area contributed by atoms with Crippen LogP contribution in [0.1, 0.15) is 62.0 Å². The van der Waals surface area contributed by atoms with E-state index in [4.69, 9.17) is 13.7 Å². The van der Waals surface area contributed by atoms with Gasteiger partial charge >= 0.3 is 5.97 Å². The molecule has 1 aliphatic carbocycles. The second kappa shape index (κ2) is 12.3. The molecule has 1 aliphatic heterocycles. The highest BCUT2D eigenvalue weighted by Crippen LogP contribution is 2.64. The largest absolute Gasteiger partial charge is 0.477 e. The molecule has 42 heavy (non-hydrogen) atoms. The van der Waals surface area contributed by atoms with E-state index in [2.05, 4.69) is 11.9 Å². The number of ether oxygens (including phenoxy) is 1. The molecule has 10 heteroatoms. The molecule has 4 aromatic rings. The number of rotatable bonds is 9. The van der Waals surface area contributed by atoms with Crippen molar-refractivity contribution in [2.75, 3.05) is 24.5 Å². The molecule has 0 bridgehead atoms. The summed E-state index contributed by atoms with van der Waals surface area (Å²) in [5.74, 6) is 0.289. The summed E-state index contributed by atoms with van der Waals surface area (Å²) >= 11 is 1.22. The minimum Gasteiger partial charge on any atom is -0.477 e. The standard InChI is InChI=1S/C32H37N2O6PS/c1-3-39-41(37,25-12-6-21(2)7-13-25)34(24-14-17-38-18-15-24)27-20-30(42-31(27)32(35)36)23-10-8-22(9-11-23)29-19-26-28(40-29)5-4-16-33-26/h4-5,8-11,16,19-21,24-25H,3,6-7,12-15,17-18H2,1-2H3,(H,35,36)/t21?,25?,41-/m1/s1. The van der Waals surface area contributed by atoms with Crippen LogP contribution in [0.2, 0.25) is 0 Å². The summed E-state index contributed by atoms with van der Waals surface area (Å²) in [6.45, 7) is 5.51. The van der Waals surface area contributed by atoms with Gasteiger partial charge in [0.1, 0.15) is 16.2 Å². The van der Waals surface area contributed by atoms with Crippen LogP contribution in [0.15, 0.2) is 59.1 Å². The average Bonchev–Trinajstić information content (AvgIpc) is 3.64. The average molecular weight is 609 g/mol. The molecule has 2 fully saturated rings. The molecule has 8 nitrogen and oxygen atoms in total.